The van der Waals surface area contributed by atoms with E-state index in [2.05, 4.69) is 22.6 Å². The Morgan fingerprint density at radius 3 is 3.00 bits per heavy atom. The van der Waals surface area contributed by atoms with Crippen molar-refractivity contribution in [3.05, 3.63) is 11.9 Å². The Hall–Kier alpha value is -0.900. The van der Waals surface area contributed by atoms with E-state index in [0.29, 0.717) is 6.04 Å². The van der Waals surface area contributed by atoms with Crippen LogP contribution in [-0.4, -0.2) is 21.0 Å². The molecule has 1 aromatic rings. The molecule has 2 rings (SSSR count). The van der Waals surface area contributed by atoms with Crippen molar-refractivity contribution in [1.29, 1.82) is 0 Å². The van der Waals surface area contributed by atoms with E-state index in [9.17, 15) is 0 Å². The van der Waals surface area contributed by atoms with E-state index in [1.165, 1.54) is 19.3 Å². The van der Waals surface area contributed by atoms with Crippen LogP contribution in [-0.2, 0) is 13.6 Å². The summed E-state index contributed by atoms with van der Waals surface area (Å²) in [6, 6.07) is 0.601. The predicted molar refractivity (Wildman–Crippen MR) is 54.6 cm³/mol. The van der Waals surface area contributed by atoms with E-state index < -0.39 is 0 Å². The standard InChI is InChI=1S/C10H18N4/c1-8(5-9-3-4-9)11-6-10-7-14(2)13-12-10/h7-9,11H,3-6H2,1-2H3. The average Bonchev–Trinajstić information content (AvgIpc) is 2.85. The van der Waals surface area contributed by atoms with Gasteiger partial charge in [0.05, 0.1) is 5.69 Å². The fourth-order valence-corrected chi connectivity index (χ4v) is 1.69. The highest BCUT2D eigenvalue weighted by atomic mass is 15.4. The maximum absolute atomic E-state index is 4.03. The first-order chi connectivity index (χ1) is 6.74. The van der Waals surface area contributed by atoms with E-state index >= 15 is 0 Å². The molecule has 4 nitrogen and oxygen atoms in total. The van der Waals surface area contributed by atoms with Crippen molar-refractivity contribution in [2.75, 3.05) is 0 Å². The number of hydrogen-bond donors (Lipinski definition) is 1. The number of aromatic nitrogens is 3. The quantitative estimate of drug-likeness (QED) is 0.763. The molecule has 0 spiro atoms. The molecule has 1 fully saturated rings. The van der Waals surface area contributed by atoms with Gasteiger partial charge in [-0.1, -0.05) is 18.1 Å². The minimum absolute atomic E-state index is 0.601. The minimum atomic E-state index is 0.601. The topological polar surface area (TPSA) is 42.7 Å². The lowest BCUT2D eigenvalue weighted by molar-refractivity contribution is 0.484. The third kappa shape index (κ3) is 2.80. The molecule has 0 saturated heterocycles. The normalized spacial score (nSPS) is 18.4. The third-order valence-corrected chi connectivity index (χ3v) is 2.67. The molecule has 0 amide bonds. The lowest BCUT2D eigenvalue weighted by Crippen LogP contribution is -2.26. The fourth-order valence-electron chi connectivity index (χ4n) is 1.69. The zero-order valence-corrected chi connectivity index (χ0v) is 8.90. The summed E-state index contributed by atoms with van der Waals surface area (Å²) in [7, 11) is 1.89. The van der Waals surface area contributed by atoms with E-state index in [-0.39, 0.29) is 0 Å². The van der Waals surface area contributed by atoms with Crippen LogP contribution in [0, 0.1) is 5.92 Å². The summed E-state index contributed by atoms with van der Waals surface area (Å²) in [6.07, 6.45) is 6.12. The highest BCUT2D eigenvalue weighted by Gasteiger charge is 2.23. The zero-order chi connectivity index (χ0) is 9.97. The average molecular weight is 194 g/mol. The molecule has 78 valence electrons. The zero-order valence-electron chi connectivity index (χ0n) is 8.90. The Balaban J connectivity index is 1.70. The molecule has 1 atom stereocenters. The van der Waals surface area contributed by atoms with Gasteiger partial charge < -0.3 is 5.32 Å². The maximum atomic E-state index is 4.03. The second-order valence-corrected chi connectivity index (χ2v) is 4.34. The summed E-state index contributed by atoms with van der Waals surface area (Å²) in [5.41, 5.74) is 1.02. The SMILES string of the molecule is CC(CC1CC1)NCc1cn(C)nn1. The summed E-state index contributed by atoms with van der Waals surface area (Å²) in [4.78, 5) is 0. The van der Waals surface area contributed by atoms with Crippen LogP contribution in [0.4, 0.5) is 0 Å². The van der Waals surface area contributed by atoms with Crippen LogP contribution in [0.2, 0.25) is 0 Å². The molecule has 1 saturated carbocycles. The number of nitrogens with one attached hydrogen (secondary N) is 1. The first-order valence-electron chi connectivity index (χ1n) is 5.32. The van der Waals surface area contributed by atoms with Gasteiger partial charge in [0.15, 0.2) is 0 Å². The molecule has 0 bridgehead atoms. The van der Waals surface area contributed by atoms with Gasteiger partial charge in [-0.15, -0.1) is 5.10 Å². The van der Waals surface area contributed by atoms with Crippen molar-refractivity contribution in [2.45, 2.75) is 38.8 Å². The van der Waals surface area contributed by atoms with Crippen molar-refractivity contribution in [3.8, 4) is 0 Å². The predicted octanol–water partition coefficient (Wildman–Crippen LogP) is 1.09. The van der Waals surface area contributed by atoms with Gasteiger partial charge in [0.25, 0.3) is 0 Å². The molecule has 1 N–H and O–H groups in total. The van der Waals surface area contributed by atoms with Crippen LogP contribution in [0.5, 0.6) is 0 Å². The van der Waals surface area contributed by atoms with Gasteiger partial charge >= 0.3 is 0 Å². The Bertz CT molecular complexity index is 290. The Labute approximate surface area is 84.7 Å². The lowest BCUT2D eigenvalue weighted by atomic mass is 10.1. The summed E-state index contributed by atoms with van der Waals surface area (Å²) < 4.78 is 1.74. The molecule has 0 aliphatic heterocycles. The number of nitrogens with zero attached hydrogens (tertiary/aromatic N) is 3. The second kappa shape index (κ2) is 4.09. The van der Waals surface area contributed by atoms with Gasteiger partial charge in [0.2, 0.25) is 0 Å². The molecule has 1 unspecified atom stereocenters. The molecule has 14 heavy (non-hydrogen) atoms. The molecular weight excluding hydrogens is 176 g/mol. The molecule has 0 radical (unpaired) electrons. The highest BCUT2D eigenvalue weighted by molar-refractivity contribution is 4.91. The highest BCUT2D eigenvalue weighted by Crippen LogP contribution is 2.33. The molecule has 0 aromatic carbocycles. The van der Waals surface area contributed by atoms with E-state index in [0.717, 1.165) is 18.2 Å². The fraction of sp³-hybridized carbons (Fsp3) is 0.800. The van der Waals surface area contributed by atoms with E-state index in [4.69, 9.17) is 0 Å². The van der Waals surface area contributed by atoms with Crippen molar-refractivity contribution in [3.63, 3.8) is 0 Å². The largest absolute Gasteiger partial charge is 0.309 e. The van der Waals surface area contributed by atoms with Gasteiger partial charge in [-0.05, 0) is 19.3 Å². The first kappa shape index (κ1) is 9.65. The van der Waals surface area contributed by atoms with Gasteiger partial charge in [-0.2, -0.15) is 0 Å². The smallest absolute Gasteiger partial charge is 0.0964 e. The van der Waals surface area contributed by atoms with Crippen molar-refractivity contribution < 1.29 is 0 Å². The minimum Gasteiger partial charge on any atom is -0.309 e. The summed E-state index contributed by atoms with van der Waals surface area (Å²) in [5, 5.41) is 11.4. The van der Waals surface area contributed by atoms with Gasteiger partial charge in [-0.25, -0.2) is 0 Å². The van der Waals surface area contributed by atoms with Crippen molar-refractivity contribution in [2.24, 2.45) is 13.0 Å². The van der Waals surface area contributed by atoms with Crippen molar-refractivity contribution >= 4 is 0 Å². The maximum Gasteiger partial charge on any atom is 0.0964 e. The number of rotatable bonds is 5. The lowest BCUT2D eigenvalue weighted by Gasteiger charge is -2.11. The molecule has 1 aliphatic carbocycles. The Kier molecular flexibility index (Phi) is 2.82. The Morgan fingerprint density at radius 1 is 1.64 bits per heavy atom. The second-order valence-electron chi connectivity index (χ2n) is 4.34. The number of aryl methyl sites for hydroxylation is 1. The monoisotopic (exact) mass is 194 g/mol. The summed E-state index contributed by atoms with van der Waals surface area (Å²) in [5.74, 6) is 0.986. The van der Waals surface area contributed by atoms with Gasteiger partial charge in [0.1, 0.15) is 0 Å². The van der Waals surface area contributed by atoms with Crippen LogP contribution in [0.15, 0.2) is 6.20 Å². The molecule has 4 heteroatoms. The number of hydrogen-bond acceptors (Lipinski definition) is 3. The van der Waals surface area contributed by atoms with Crippen LogP contribution in [0.25, 0.3) is 0 Å². The van der Waals surface area contributed by atoms with Crippen LogP contribution >= 0.6 is 0 Å². The van der Waals surface area contributed by atoms with Crippen molar-refractivity contribution in [1.82, 2.24) is 20.3 Å². The van der Waals surface area contributed by atoms with Gasteiger partial charge in [0, 0.05) is 25.8 Å². The van der Waals surface area contributed by atoms with Crippen LogP contribution in [0.3, 0.4) is 0 Å². The van der Waals surface area contributed by atoms with Crippen LogP contribution in [0.1, 0.15) is 31.9 Å². The molecular formula is C10H18N4. The van der Waals surface area contributed by atoms with Gasteiger partial charge in [-0.3, -0.25) is 4.68 Å². The molecule has 1 aliphatic rings. The molecule has 1 heterocycles. The van der Waals surface area contributed by atoms with E-state index in [1.807, 2.05) is 13.2 Å². The van der Waals surface area contributed by atoms with E-state index in [1.54, 1.807) is 4.68 Å². The van der Waals surface area contributed by atoms with Crippen LogP contribution < -0.4 is 5.32 Å². The Morgan fingerprint density at radius 2 is 2.43 bits per heavy atom. The summed E-state index contributed by atoms with van der Waals surface area (Å²) in [6.45, 7) is 3.08. The first-order valence-corrected chi connectivity index (χ1v) is 5.32. The third-order valence-electron chi connectivity index (χ3n) is 2.67. The molecule has 1 aromatic heterocycles. The summed E-state index contributed by atoms with van der Waals surface area (Å²) >= 11 is 0.